The number of anilines is 1. The minimum Gasteiger partial charge on any atom is -0.350 e. The molecule has 2 aromatic rings. The summed E-state index contributed by atoms with van der Waals surface area (Å²) in [6.45, 7) is 0.292. The van der Waals surface area contributed by atoms with Crippen LogP contribution in [0.4, 0.5) is 10.3 Å². The fourth-order valence-corrected chi connectivity index (χ4v) is 3.05. The van der Waals surface area contributed by atoms with E-state index in [2.05, 4.69) is 20.6 Å². The minimum absolute atomic E-state index is 0.132. The first-order valence-corrected chi connectivity index (χ1v) is 8.82. The van der Waals surface area contributed by atoms with Crippen molar-refractivity contribution < 1.29 is 9.18 Å². The highest BCUT2D eigenvalue weighted by atomic mass is 19.1. The van der Waals surface area contributed by atoms with Crippen LogP contribution in [-0.4, -0.2) is 21.9 Å². The number of carbonyl (C=O) groups is 1. The van der Waals surface area contributed by atoms with Crippen LogP contribution in [0.5, 0.6) is 0 Å². The molecule has 6 heteroatoms. The monoisotopic (exact) mass is 342 g/mol. The second-order valence-electron chi connectivity index (χ2n) is 6.40. The molecule has 2 N–H and O–H groups in total. The number of amides is 1. The molecule has 1 fully saturated rings. The number of hydrogen-bond acceptors (Lipinski definition) is 4. The van der Waals surface area contributed by atoms with E-state index < -0.39 is 0 Å². The van der Waals surface area contributed by atoms with Gasteiger partial charge in [-0.2, -0.15) is 0 Å². The number of rotatable bonds is 5. The van der Waals surface area contributed by atoms with Crippen LogP contribution in [0.25, 0.3) is 0 Å². The Labute approximate surface area is 147 Å². The largest absolute Gasteiger partial charge is 0.350 e. The molecule has 0 unspecified atom stereocenters. The summed E-state index contributed by atoms with van der Waals surface area (Å²) < 4.78 is 13.6. The third-order valence-electron chi connectivity index (χ3n) is 4.50. The van der Waals surface area contributed by atoms with Gasteiger partial charge in [0.05, 0.1) is 5.56 Å². The van der Waals surface area contributed by atoms with Gasteiger partial charge in [0.25, 0.3) is 5.91 Å². The summed E-state index contributed by atoms with van der Waals surface area (Å²) in [5.74, 6) is -0.0313. The number of carbonyl (C=O) groups excluding carboxylic acids is 1. The Kier molecular flexibility index (Phi) is 5.93. The van der Waals surface area contributed by atoms with Gasteiger partial charge >= 0.3 is 0 Å². The first kappa shape index (κ1) is 17.3. The third-order valence-corrected chi connectivity index (χ3v) is 4.50. The second-order valence-corrected chi connectivity index (χ2v) is 6.40. The van der Waals surface area contributed by atoms with Crippen LogP contribution in [-0.2, 0) is 6.54 Å². The Balaban J connectivity index is 1.54. The number of nitrogens with zero attached hydrogens (tertiary/aromatic N) is 2. The normalized spacial score (nSPS) is 15.4. The molecule has 1 aliphatic carbocycles. The van der Waals surface area contributed by atoms with E-state index in [1.807, 2.05) is 0 Å². The maximum atomic E-state index is 13.6. The number of hydrogen-bond donors (Lipinski definition) is 2. The molecule has 0 spiro atoms. The van der Waals surface area contributed by atoms with E-state index >= 15 is 0 Å². The molecular weight excluding hydrogens is 319 g/mol. The molecular formula is C19H23FN4O. The first-order valence-electron chi connectivity index (χ1n) is 8.82. The van der Waals surface area contributed by atoms with Gasteiger partial charge in [0.2, 0.25) is 5.95 Å². The average Bonchev–Trinajstić information content (AvgIpc) is 2.90. The molecule has 1 aromatic heterocycles. The Morgan fingerprint density at radius 1 is 1.08 bits per heavy atom. The van der Waals surface area contributed by atoms with Gasteiger partial charge in [0.1, 0.15) is 5.82 Å². The van der Waals surface area contributed by atoms with E-state index in [4.69, 9.17) is 0 Å². The van der Waals surface area contributed by atoms with Crippen molar-refractivity contribution in [3.05, 3.63) is 53.6 Å². The standard InChI is InChI=1S/C19H23FN4O/c20-17-10-6-5-7-14(17)11-21-19-22-12-15(13-23-19)18(25)24-16-8-3-1-2-4-9-16/h5-7,10,12-13,16H,1-4,8-9,11H2,(H,24,25)(H,21,22,23). The van der Waals surface area contributed by atoms with Crippen molar-refractivity contribution >= 4 is 11.9 Å². The number of aromatic nitrogens is 2. The second kappa shape index (κ2) is 8.55. The van der Waals surface area contributed by atoms with Crippen LogP contribution >= 0.6 is 0 Å². The molecule has 1 amide bonds. The van der Waals surface area contributed by atoms with Gasteiger partial charge in [0.15, 0.2) is 0 Å². The van der Waals surface area contributed by atoms with Crippen molar-refractivity contribution in [1.82, 2.24) is 15.3 Å². The Bertz CT molecular complexity index is 697. The van der Waals surface area contributed by atoms with Crippen molar-refractivity contribution in [2.24, 2.45) is 0 Å². The van der Waals surface area contributed by atoms with E-state index in [0.717, 1.165) is 12.8 Å². The molecule has 0 aliphatic heterocycles. The predicted molar refractivity (Wildman–Crippen MR) is 94.7 cm³/mol. The van der Waals surface area contributed by atoms with Crippen LogP contribution in [0.1, 0.15) is 54.4 Å². The van der Waals surface area contributed by atoms with Crippen molar-refractivity contribution in [3.63, 3.8) is 0 Å². The SMILES string of the molecule is O=C(NC1CCCCCC1)c1cnc(NCc2ccccc2F)nc1. The van der Waals surface area contributed by atoms with Crippen LogP contribution in [0.3, 0.4) is 0 Å². The summed E-state index contributed by atoms with van der Waals surface area (Å²) in [7, 11) is 0. The zero-order valence-electron chi connectivity index (χ0n) is 14.2. The lowest BCUT2D eigenvalue weighted by Crippen LogP contribution is -2.34. The quantitative estimate of drug-likeness (QED) is 0.814. The van der Waals surface area contributed by atoms with E-state index in [1.54, 1.807) is 18.2 Å². The summed E-state index contributed by atoms with van der Waals surface area (Å²) in [6, 6.07) is 6.79. The van der Waals surface area contributed by atoms with Gasteiger partial charge < -0.3 is 10.6 Å². The average molecular weight is 342 g/mol. The van der Waals surface area contributed by atoms with E-state index in [-0.39, 0.29) is 17.8 Å². The molecule has 1 saturated carbocycles. The molecule has 0 radical (unpaired) electrons. The van der Waals surface area contributed by atoms with Gasteiger partial charge in [0, 0.05) is 30.5 Å². The zero-order chi connectivity index (χ0) is 17.5. The fourth-order valence-electron chi connectivity index (χ4n) is 3.05. The molecule has 0 atom stereocenters. The lowest BCUT2D eigenvalue weighted by atomic mass is 10.1. The first-order chi connectivity index (χ1) is 12.2. The topological polar surface area (TPSA) is 66.9 Å². The molecule has 1 aromatic carbocycles. The summed E-state index contributed by atoms with van der Waals surface area (Å²) in [6.07, 6.45) is 9.91. The van der Waals surface area contributed by atoms with Crippen LogP contribution in [0, 0.1) is 5.82 Å². The van der Waals surface area contributed by atoms with Crippen LogP contribution in [0.15, 0.2) is 36.7 Å². The summed E-state index contributed by atoms with van der Waals surface area (Å²) in [5, 5.41) is 6.03. The molecule has 0 bridgehead atoms. The molecule has 1 heterocycles. The summed E-state index contributed by atoms with van der Waals surface area (Å²) >= 11 is 0. The van der Waals surface area contributed by atoms with Gasteiger partial charge in [-0.3, -0.25) is 4.79 Å². The molecule has 0 saturated heterocycles. The van der Waals surface area contributed by atoms with E-state index in [9.17, 15) is 9.18 Å². The number of nitrogens with one attached hydrogen (secondary N) is 2. The highest BCUT2D eigenvalue weighted by Gasteiger charge is 2.16. The maximum absolute atomic E-state index is 13.6. The lowest BCUT2D eigenvalue weighted by molar-refractivity contribution is 0.0932. The molecule has 25 heavy (non-hydrogen) atoms. The van der Waals surface area contributed by atoms with E-state index in [1.165, 1.54) is 44.1 Å². The summed E-state index contributed by atoms with van der Waals surface area (Å²) in [5.41, 5.74) is 0.988. The Morgan fingerprint density at radius 3 is 2.44 bits per heavy atom. The Morgan fingerprint density at radius 2 is 1.76 bits per heavy atom. The maximum Gasteiger partial charge on any atom is 0.254 e. The highest BCUT2D eigenvalue weighted by molar-refractivity contribution is 5.93. The Hall–Kier alpha value is -2.50. The van der Waals surface area contributed by atoms with Crippen molar-refractivity contribution in [1.29, 1.82) is 0 Å². The summed E-state index contributed by atoms with van der Waals surface area (Å²) in [4.78, 5) is 20.6. The van der Waals surface area contributed by atoms with Crippen molar-refractivity contribution in [2.45, 2.75) is 51.1 Å². The number of benzene rings is 1. The zero-order valence-corrected chi connectivity index (χ0v) is 14.2. The molecule has 1 aliphatic rings. The van der Waals surface area contributed by atoms with Gasteiger partial charge in [-0.15, -0.1) is 0 Å². The molecule has 3 rings (SSSR count). The van der Waals surface area contributed by atoms with Gasteiger partial charge in [-0.05, 0) is 18.9 Å². The number of halogens is 1. The minimum atomic E-state index is -0.269. The van der Waals surface area contributed by atoms with Crippen LogP contribution in [0.2, 0.25) is 0 Å². The lowest BCUT2D eigenvalue weighted by Gasteiger charge is -2.16. The van der Waals surface area contributed by atoms with E-state index in [0.29, 0.717) is 23.6 Å². The van der Waals surface area contributed by atoms with Crippen molar-refractivity contribution in [2.75, 3.05) is 5.32 Å². The third kappa shape index (κ3) is 4.98. The molecule has 5 nitrogen and oxygen atoms in total. The fraction of sp³-hybridized carbons (Fsp3) is 0.421. The highest BCUT2D eigenvalue weighted by Crippen LogP contribution is 2.17. The van der Waals surface area contributed by atoms with Crippen molar-refractivity contribution in [3.8, 4) is 0 Å². The smallest absolute Gasteiger partial charge is 0.254 e. The van der Waals surface area contributed by atoms with Crippen LogP contribution < -0.4 is 10.6 Å². The predicted octanol–water partition coefficient (Wildman–Crippen LogP) is 3.68. The molecule has 132 valence electrons. The van der Waals surface area contributed by atoms with Gasteiger partial charge in [-0.25, -0.2) is 14.4 Å². The van der Waals surface area contributed by atoms with Gasteiger partial charge in [-0.1, -0.05) is 43.9 Å².